The lowest BCUT2D eigenvalue weighted by Crippen LogP contribution is -2.57. The number of carbonyl (C=O) groups excluding carboxylic acids is 1. The van der Waals surface area contributed by atoms with Crippen molar-refractivity contribution in [3.8, 4) is 0 Å². The first-order valence-corrected chi connectivity index (χ1v) is 11.1. The van der Waals surface area contributed by atoms with Crippen molar-refractivity contribution in [1.29, 1.82) is 0 Å². The fraction of sp³-hybridized carbons (Fsp3) is 0.810. The third-order valence-corrected chi connectivity index (χ3v) is 8.50. The molecule has 1 amide bonds. The van der Waals surface area contributed by atoms with E-state index in [1.165, 1.54) is 4.88 Å². The third kappa shape index (κ3) is 3.23. The van der Waals surface area contributed by atoms with E-state index >= 15 is 0 Å². The molecule has 1 heterocycles. The fourth-order valence-electron chi connectivity index (χ4n) is 5.65. The van der Waals surface area contributed by atoms with E-state index in [9.17, 15) is 15.0 Å². The maximum Gasteiger partial charge on any atom is 0.223 e. The largest absolute Gasteiger partial charge is 0.396 e. The maximum atomic E-state index is 13.0. The predicted molar refractivity (Wildman–Crippen MR) is 108 cm³/mol. The molecule has 0 spiro atoms. The van der Waals surface area contributed by atoms with Gasteiger partial charge >= 0.3 is 0 Å². The monoisotopic (exact) mass is 394 g/mol. The van der Waals surface area contributed by atoms with Gasteiger partial charge in [0, 0.05) is 35.7 Å². The van der Waals surface area contributed by atoms with E-state index < -0.39 is 11.5 Å². The predicted octanol–water partition coefficient (Wildman–Crippen LogP) is 3.13. The van der Waals surface area contributed by atoms with Crippen LogP contribution in [0.25, 0.3) is 0 Å². The summed E-state index contributed by atoms with van der Waals surface area (Å²) in [6.45, 7) is 11.8. The maximum absolute atomic E-state index is 13.0. The number of aliphatic hydroxyl groups excluding tert-OH is 2. The molecule has 5 unspecified atom stereocenters. The summed E-state index contributed by atoms with van der Waals surface area (Å²) in [7, 11) is 0. The molecule has 2 aliphatic rings. The average Bonchev–Trinajstić information content (AvgIpc) is 3.01. The van der Waals surface area contributed by atoms with Crippen molar-refractivity contribution in [2.75, 3.05) is 19.7 Å². The second-order valence-electron chi connectivity index (χ2n) is 8.84. The van der Waals surface area contributed by atoms with Crippen LogP contribution >= 0.6 is 11.3 Å². The molecule has 27 heavy (non-hydrogen) atoms. The molecule has 2 N–H and O–H groups in total. The van der Waals surface area contributed by atoms with Crippen molar-refractivity contribution < 1.29 is 15.0 Å². The summed E-state index contributed by atoms with van der Waals surface area (Å²) in [6.07, 6.45) is 2.32. The Balaban J connectivity index is 2.05. The molecular formula is C21H34N2O3S. The quantitative estimate of drug-likeness (QED) is 0.805. The van der Waals surface area contributed by atoms with Gasteiger partial charge < -0.3 is 15.1 Å². The van der Waals surface area contributed by atoms with Gasteiger partial charge in [-0.25, -0.2) is 4.98 Å². The van der Waals surface area contributed by atoms with Crippen LogP contribution in [0, 0.1) is 23.7 Å². The summed E-state index contributed by atoms with van der Waals surface area (Å²) < 4.78 is 0. The van der Waals surface area contributed by atoms with E-state index in [0.717, 1.165) is 36.6 Å². The van der Waals surface area contributed by atoms with Crippen LogP contribution in [0.5, 0.6) is 0 Å². The van der Waals surface area contributed by atoms with Gasteiger partial charge in [0.2, 0.25) is 5.91 Å². The Morgan fingerprint density at radius 3 is 2.59 bits per heavy atom. The molecule has 2 aliphatic carbocycles. The van der Waals surface area contributed by atoms with Crippen LogP contribution in [0.1, 0.15) is 68.5 Å². The zero-order valence-corrected chi connectivity index (χ0v) is 18.1. The minimum atomic E-state index is -0.543. The molecule has 3 rings (SSSR count). The number of hydrogen-bond donors (Lipinski definition) is 2. The van der Waals surface area contributed by atoms with Crippen molar-refractivity contribution in [2.24, 2.45) is 16.7 Å². The second-order valence-corrected chi connectivity index (χ2v) is 10.1. The Bertz CT molecular complexity index is 702. The van der Waals surface area contributed by atoms with Crippen LogP contribution in [-0.2, 0) is 11.2 Å². The van der Waals surface area contributed by atoms with Crippen LogP contribution in [-0.4, -0.2) is 51.8 Å². The van der Waals surface area contributed by atoms with Crippen LogP contribution in [0.2, 0.25) is 0 Å². The van der Waals surface area contributed by atoms with Crippen molar-refractivity contribution in [2.45, 2.75) is 72.3 Å². The number of rotatable bonds is 5. The van der Waals surface area contributed by atoms with Gasteiger partial charge in [0.15, 0.2) is 0 Å². The van der Waals surface area contributed by atoms with Crippen molar-refractivity contribution >= 4 is 17.2 Å². The van der Waals surface area contributed by atoms with Crippen molar-refractivity contribution in [3.63, 3.8) is 0 Å². The summed E-state index contributed by atoms with van der Waals surface area (Å²) in [6, 6.07) is 0. The number of hydrogen-bond acceptors (Lipinski definition) is 5. The first-order valence-electron chi connectivity index (χ1n) is 10.2. The third-order valence-electron chi connectivity index (χ3n) is 7.50. The number of aliphatic hydroxyl groups is 2. The molecule has 0 aliphatic heterocycles. The molecule has 1 fully saturated rings. The van der Waals surface area contributed by atoms with E-state index in [1.807, 2.05) is 32.6 Å². The molecule has 1 aromatic heterocycles. The highest BCUT2D eigenvalue weighted by atomic mass is 32.1. The first kappa shape index (κ1) is 20.7. The lowest BCUT2D eigenvalue weighted by atomic mass is 9.47. The SMILES string of the molecule is CCN(CC)C(=O)CC1c2nc(C)sc2CC2C(C)(CO)C(O)CCC12C. The molecule has 5 nitrogen and oxygen atoms in total. The summed E-state index contributed by atoms with van der Waals surface area (Å²) in [5.74, 6) is 0.364. The Hall–Kier alpha value is -0.980. The van der Waals surface area contributed by atoms with E-state index in [0.29, 0.717) is 12.8 Å². The topological polar surface area (TPSA) is 73.7 Å². The molecule has 5 atom stereocenters. The number of thiazole rings is 1. The van der Waals surface area contributed by atoms with Gasteiger partial charge in [-0.05, 0) is 51.4 Å². The van der Waals surface area contributed by atoms with Crippen molar-refractivity contribution in [3.05, 3.63) is 15.6 Å². The number of nitrogens with zero attached hydrogens (tertiary/aromatic N) is 2. The Kier molecular flexibility index (Phi) is 5.72. The van der Waals surface area contributed by atoms with E-state index in [-0.39, 0.29) is 29.8 Å². The standard InChI is InChI=1S/C21H34N2O3S/c1-6-23(7-2)18(26)10-14-19-15(27-13(3)22-19)11-16-20(14,4)9-8-17(25)21(16,5)12-24/h14,16-17,24-25H,6-12H2,1-5H3. The van der Waals surface area contributed by atoms with E-state index in [2.05, 4.69) is 6.92 Å². The molecule has 0 bridgehead atoms. The molecule has 1 saturated carbocycles. The normalized spacial score (nSPS) is 35.4. The zero-order valence-electron chi connectivity index (χ0n) is 17.3. The lowest BCUT2D eigenvalue weighted by Gasteiger charge is -2.58. The van der Waals surface area contributed by atoms with Gasteiger partial charge in [0.25, 0.3) is 0 Å². The van der Waals surface area contributed by atoms with Crippen LogP contribution in [0.15, 0.2) is 0 Å². The molecule has 0 radical (unpaired) electrons. The fourth-order valence-corrected chi connectivity index (χ4v) is 6.69. The van der Waals surface area contributed by atoms with Gasteiger partial charge in [-0.2, -0.15) is 0 Å². The second kappa shape index (κ2) is 7.45. The lowest BCUT2D eigenvalue weighted by molar-refractivity contribution is -0.147. The Morgan fingerprint density at radius 2 is 2.00 bits per heavy atom. The number of carbonyl (C=O) groups is 1. The molecule has 152 valence electrons. The highest BCUT2D eigenvalue weighted by Crippen LogP contribution is 2.62. The minimum Gasteiger partial charge on any atom is -0.396 e. The van der Waals surface area contributed by atoms with E-state index in [1.54, 1.807) is 11.3 Å². The van der Waals surface area contributed by atoms with E-state index in [4.69, 9.17) is 4.98 Å². The minimum absolute atomic E-state index is 0.0295. The van der Waals surface area contributed by atoms with Gasteiger partial charge in [0.05, 0.1) is 23.4 Å². The summed E-state index contributed by atoms with van der Waals surface area (Å²) in [5.41, 5.74) is 0.403. The molecule has 6 heteroatoms. The first-order chi connectivity index (χ1) is 12.7. The van der Waals surface area contributed by atoms with Crippen LogP contribution < -0.4 is 0 Å². The number of amides is 1. The number of fused-ring (bicyclic) bond motifs is 2. The molecule has 1 aromatic rings. The van der Waals surface area contributed by atoms with Gasteiger partial charge in [-0.1, -0.05) is 13.8 Å². The smallest absolute Gasteiger partial charge is 0.223 e. The Labute approximate surface area is 166 Å². The molecule has 0 saturated heterocycles. The summed E-state index contributed by atoms with van der Waals surface area (Å²) in [4.78, 5) is 21.0. The summed E-state index contributed by atoms with van der Waals surface area (Å²) >= 11 is 1.71. The highest BCUT2D eigenvalue weighted by Gasteiger charge is 2.59. The molecule has 0 aromatic carbocycles. The molecular weight excluding hydrogens is 360 g/mol. The van der Waals surface area contributed by atoms with Crippen LogP contribution in [0.4, 0.5) is 0 Å². The highest BCUT2D eigenvalue weighted by molar-refractivity contribution is 7.11. The number of aromatic nitrogens is 1. The Morgan fingerprint density at radius 1 is 1.33 bits per heavy atom. The van der Waals surface area contributed by atoms with Gasteiger partial charge in [0.1, 0.15) is 0 Å². The van der Waals surface area contributed by atoms with Crippen molar-refractivity contribution in [1.82, 2.24) is 9.88 Å². The zero-order chi connectivity index (χ0) is 20.0. The van der Waals surface area contributed by atoms with Crippen LogP contribution in [0.3, 0.4) is 0 Å². The summed E-state index contributed by atoms with van der Waals surface area (Å²) in [5, 5.41) is 22.0. The van der Waals surface area contributed by atoms with Gasteiger partial charge in [-0.3, -0.25) is 4.79 Å². The number of aryl methyl sites for hydroxylation is 1. The average molecular weight is 395 g/mol. The van der Waals surface area contributed by atoms with Gasteiger partial charge in [-0.15, -0.1) is 11.3 Å².